The van der Waals surface area contributed by atoms with Gasteiger partial charge in [-0.2, -0.15) is 0 Å². The number of carbonyl (C=O) groups is 2. The zero-order valence-corrected chi connectivity index (χ0v) is 19.3. The number of benzene rings is 3. The van der Waals surface area contributed by atoms with Crippen LogP contribution in [0.5, 0.6) is 0 Å². The Labute approximate surface area is 198 Å². The number of carbonyl (C=O) groups excluding carboxylic acids is 2. The Bertz CT molecular complexity index is 1200. The molecule has 4 nitrogen and oxygen atoms in total. The van der Waals surface area contributed by atoms with Gasteiger partial charge in [-0.1, -0.05) is 72.8 Å². The van der Waals surface area contributed by atoms with E-state index in [1.807, 2.05) is 84.2 Å². The maximum atomic E-state index is 13.3. The molecule has 0 saturated carbocycles. The highest BCUT2D eigenvalue weighted by Crippen LogP contribution is 2.24. The van der Waals surface area contributed by atoms with Crippen molar-refractivity contribution in [2.45, 2.75) is 26.4 Å². The van der Waals surface area contributed by atoms with Crippen molar-refractivity contribution in [1.29, 1.82) is 0 Å². The largest absolute Gasteiger partial charge is 0.352 e. The van der Waals surface area contributed by atoms with Crippen molar-refractivity contribution in [1.82, 2.24) is 5.32 Å². The summed E-state index contributed by atoms with van der Waals surface area (Å²) in [5.41, 5.74) is 5.04. The monoisotopic (exact) mass is 454 g/mol. The Balaban J connectivity index is 1.47. The minimum Gasteiger partial charge on any atom is -0.352 e. The molecule has 0 aliphatic carbocycles. The molecule has 0 radical (unpaired) electrons. The number of anilines is 1. The minimum absolute atomic E-state index is 0.0263. The van der Waals surface area contributed by atoms with Gasteiger partial charge in [-0.25, -0.2) is 0 Å². The first-order chi connectivity index (χ1) is 16.1. The summed E-state index contributed by atoms with van der Waals surface area (Å²) in [4.78, 5) is 28.2. The maximum absolute atomic E-state index is 13.3. The molecule has 166 valence electrons. The second kappa shape index (κ2) is 10.7. The lowest BCUT2D eigenvalue weighted by atomic mass is 10.1. The maximum Gasteiger partial charge on any atom is 0.268 e. The van der Waals surface area contributed by atoms with Crippen LogP contribution in [0.25, 0.3) is 0 Å². The van der Waals surface area contributed by atoms with Crippen LogP contribution in [0.1, 0.15) is 31.9 Å². The fourth-order valence-corrected chi connectivity index (χ4v) is 4.28. The molecule has 4 rings (SSSR count). The molecule has 1 N–H and O–H groups in total. The number of rotatable bonds is 8. The highest BCUT2D eigenvalue weighted by atomic mass is 32.1. The zero-order chi connectivity index (χ0) is 23.0. The number of aryl methyl sites for hydroxylation is 1. The van der Waals surface area contributed by atoms with Crippen LogP contribution in [0, 0.1) is 6.92 Å². The van der Waals surface area contributed by atoms with Gasteiger partial charge in [0.25, 0.3) is 5.91 Å². The van der Waals surface area contributed by atoms with Gasteiger partial charge in [0.1, 0.15) is 0 Å². The lowest BCUT2D eigenvalue weighted by Gasteiger charge is -2.23. The summed E-state index contributed by atoms with van der Waals surface area (Å²) < 4.78 is 0. The summed E-state index contributed by atoms with van der Waals surface area (Å²) in [5, 5.41) is 4.87. The van der Waals surface area contributed by atoms with Crippen LogP contribution in [0.15, 0.2) is 96.4 Å². The van der Waals surface area contributed by atoms with E-state index in [2.05, 4.69) is 24.4 Å². The van der Waals surface area contributed by atoms with Crippen molar-refractivity contribution in [3.8, 4) is 0 Å². The van der Waals surface area contributed by atoms with Crippen LogP contribution in [-0.4, -0.2) is 11.8 Å². The molecule has 4 aromatic rings. The molecule has 5 heteroatoms. The van der Waals surface area contributed by atoms with Gasteiger partial charge in [0.15, 0.2) is 0 Å². The number of nitrogens with zero attached hydrogens (tertiary/aromatic N) is 1. The van der Waals surface area contributed by atoms with E-state index in [-0.39, 0.29) is 11.8 Å². The van der Waals surface area contributed by atoms with E-state index in [0.717, 1.165) is 27.9 Å². The second-order valence-electron chi connectivity index (χ2n) is 7.90. The Morgan fingerprint density at radius 2 is 1.55 bits per heavy atom. The molecule has 0 unspecified atom stereocenters. The normalized spacial score (nSPS) is 10.6. The van der Waals surface area contributed by atoms with Crippen LogP contribution in [0.2, 0.25) is 0 Å². The highest BCUT2D eigenvalue weighted by Gasteiger charge is 2.20. The van der Waals surface area contributed by atoms with Crippen molar-refractivity contribution in [3.63, 3.8) is 0 Å². The van der Waals surface area contributed by atoms with E-state index in [1.165, 1.54) is 11.3 Å². The Kier molecular flexibility index (Phi) is 7.33. The molecule has 33 heavy (non-hydrogen) atoms. The second-order valence-corrected chi connectivity index (χ2v) is 8.85. The number of hydrogen-bond acceptors (Lipinski definition) is 3. The Morgan fingerprint density at radius 3 is 2.24 bits per heavy atom. The summed E-state index contributed by atoms with van der Waals surface area (Å²) in [6.07, 6.45) is 0.295. The molecule has 0 atom stereocenters. The molecule has 0 fully saturated rings. The van der Waals surface area contributed by atoms with Crippen molar-refractivity contribution >= 4 is 28.8 Å². The van der Waals surface area contributed by atoms with E-state index in [4.69, 9.17) is 0 Å². The summed E-state index contributed by atoms with van der Waals surface area (Å²) in [6, 6.07) is 29.4. The van der Waals surface area contributed by atoms with Crippen LogP contribution in [0.4, 0.5) is 5.69 Å². The van der Waals surface area contributed by atoms with Gasteiger partial charge in [-0.15, -0.1) is 11.3 Å². The van der Waals surface area contributed by atoms with Crippen LogP contribution in [0.3, 0.4) is 0 Å². The third-order valence-electron chi connectivity index (χ3n) is 5.51. The van der Waals surface area contributed by atoms with Gasteiger partial charge in [0, 0.05) is 12.2 Å². The molecular formula is C28H26N2O2S. The molecule has 1 aromatic heterocycles. The van der Waals surface area contributed by atoms with E-state index in [9.17, 15) is 9.59 Å². The fourth-order valence-electron chi connectivity index (χ4n) is 3.61. The van der Waals surface area contributed by atoms with Crippen molar-refractivity contribution in [2.75, 3.05) is 4.90 Å². The lowest BCUT2D eigenvalue weighted by molar-refractivity contribution is -0.120. The van der Waals surface area contributed by atoms with E-state index >= 15 is 0 Å². The number of amides is 2. The van der Waals surface area contributed by atoms with Gasteiger partial charge in [-0.05, 0) is 52.8 Å². The van der Waals surface area contributed by atoms with Gasteiger partial charge < -0.3 is 10.2 Å². The third kappa shape index (κ3) is 5.96. The summed E-state index contributed by atoms with van der Waals surface area (Å²) in [6.45, 7) is 3.05. The minimum atomic E-state index is -0.0296. The molecule has 1 heterocycles. The van der Waals surface area contributed by atoms with E-state index in [1.54, 1.807) is 4.90 Å². The average molecular weight is 455 g/mol. The van der Waals surface area contributed by atoms with Gasteiger partial charge in [0.2, 0.25) is 5.91 Å². The zero-order valence-electron chi connectivity index (χ0n) is 18.5. The van der Waals surface area contributed by atoms with Gasteiger partial charge in [-0.3, -0.25) is 9.59 Å². The first-order valence-electron chi connectivity index (χ1n) is 10.9. The molecule has 0 aliphatic rings. The Hall–Kier alpha value is -3.70. The fraction of sp³-hybridized carbons (Fsp3) is 0.143. The molecule has 2 amide bonds. The molecule has 0 spiro atoms. The number of nitrogens with one attached hydrogen (secondary N) is 1. The van der Waals surface area contributed by atoms with E-state index < -0.39 is 0 Å². The Morgan fingerprint density at radius 1 is 0.818 bits per heavy atom. The first-order valence-corrected chi connectivity index (χ1v) is 11.8. The summed E-state index contributed by atoms with van der Waals surface area (Å²) >= 11 is 1.44. The number of thiophene rings is 1. The van der Waals surface area contributed by atoms with Crippen LogP contribution >= 0.6 is 11.3 Å². The molecule has 0 saturated heterocycles. The SMILES string of the molecule is Cc1ccccc1CN(C(=O)c1cccs1)c1ccc(CC(=O)NCc2ccccc2)cc1. The number of hydrogen-bond donors (Lipinski definition) is 1. The highest BCUT2D eigenvalue weighted by molar-refractivity contribution is 7.12. The molecule has 0 bridgehead atoms. The first kappa shape index (κ1) is 22.5. The lowest BCUT2D eigenvalue weighted by Crippen LogP contribution is -2.30. The molecule has 0 aliphatic heterocycles. The van der Waals surface area contributed by atoms with Crippen LogP contribution < -0.4 is 10.2 Å². The van der Waals surface area contributed by atoms with Gasteiger partial charge >= 0.3 is 0 Å². The molecule has 3 aromatic carbocycles. The smallest absolute Gasteiger partial charge is 0.268 e. The van der Waals surface area contributed by atoms with E-state index in [0.29, 0.717) is 24.4 Å². The van der Waals surface area contributed by atoms with Gasteiger partial charge in [0.05, 0.1) is 17.8 Å². The van der Waals surface area contributed by atoms with Crippen molar-refractivity contribution in [2.24, 2.45) is 0 Å². The average Bonchev–Trinajstić information content (AvgIpc) is 3.38. The van der Waals surface area contributed by atoms with Crippen molar-refractivity contribution in [3.05, 3.63) is 124 Å². The topological polar surface area (TPSA) is 49.4 Å². The third-order valence-corrected chi connectivity index (χ3v) is 6.37. The quantitative estimate of drug-likeness (QED) is 0.368. The standard InChI is InChI=1S/C28H26N2O2S/c1-21-8-5-6-11-24(21)20-30(28(32)26-12-7-17-33-26)25-15-13-22(14-16-25)18-27(31)29-19-23-9-3-2-4-10-23/h2-17H,18-20H2,1H3,(H,29,31). The van der Waals surface area contributed by atoms with Crippen LogP contribution in [-0.2, 0) is 24.3 Å². The summed E-state index contributed by atoms with van der Waals surface area (Å²) in [5.74, 6) is -0.0559. The predicted molar refractivity (Wildman–Crippen MR) is 134 cm³/mol. The predicted octanol–water partition coefficient (Wildman–Crippen LogP) is 5.76. The summed E-state index contributed by atoms with van der Waals surface area (Å²) in [7, 11) is 0. The van der Waals surface area contributed by atoms with Crippen molar-refractivity contribution < 1.29 is 9.59 Å². The molecular weight excluding hydrogens is 428 g/mol.